The second-order valence-corrected chi connectivity index (χ2v) is 16.7. The Morgan fingerprint density at radius 3 is 1.49 bits per heavy atom. The molecule has 0 radical (unpaired) electrons. The molecule has 1 aromatic heterocycles. The van der Waals surface area contributed by atoms with Crippen molar-refractivity contribution in [3.05, 3.63) is 186 Å². The Morgan fingerprint density at radius 1 is 0.569 bits per heavy atom. The highest BCUT2D eigenvalue weighted by atomic mass is 32.2. The van der Waals surface area contributed by atoms with E-state index in [1.807, 2.05) is 24.3 Å². The number of aryl methyl sites for hydroxylation is 1. The van der Waals surface area contributed by atoms with Gasteiger partial charge in [-0.2, -0.15) is 0 Å². The van der Waals surface area contributed by atoms with Gasteiger partial charge in [0.05, 0.1) is 20.8 Å². The van der Waals surface area contributed by atoms with E-state index >= 15 is 0 Å². The Bertz CT molecular complexity index is 2860. The number of thioether (sulfide) groups is 1. The van der Waals surface area contributed by atoms with Crippen molar-refractivity contribution in [1.82, 2.24) is 14.4 Å². The van der Waals surface area contributed by atoms with Crippen molar-refractivity contribution < 1.29 is 62.2 Å². The molecule has 72 heavy (non-hydrogen) atoms. The topological polar surface area (TPSA) is 176 Å². The van der Waals surface area contributed by atoms with E-state index in [0.717, 1.165) is 32.3 Å². The zero-order valence-electron chi connectivity index (χ0n) is 40.1. The number of carbonyl (C=O) groups excluding carboxylic acids is 2. The minimum absolute atomic E-state index is 0.0227. The van der Waals surface area contributed by atoms with Crippen LogP contribution in [0.2, 0.25) is 0 Å². The third-order valence-electron chi connectivity index (χ3n) is 10.8. The Kier molecular flexibility index (Phi) is 19.5. The lowest BCUT2D eigenvalue weighted by Gasteiger charge is -2.20. The van der Waals surface area contributed by atoms with Crippen LogP contribution in [0.4, 0.5) is 14.0 Å². The molecule has 7 aromatic rings. The number of aromatic nitrogens is 1. The minimum atomic E-state index is -1.17. The van der Waals surface area contributed by atoms with Crippen LogP contribution < -0.4 is 28.4 Å². The molecule has 17 heteroatoms. The van der Waals surface area contributed by atoms with Crippen molar-refractivity contribution in [2.24, 2.45) is 0 Å². The average Bonchev–Trinajstić information content (AvgIpc) is 3.76. The molecule has 0 aliphatic heterocycles. The Hall–Kier alpha value is -8.44. The van der Waals surface area contributed by atoms with E-state index in [0.29, 0.717) is 53.0 Å². The monoisotopic (exact) mass is 999 g/mol. The summed E-state index contributed by atoms with van der Waals surface area (Å²) in [6.45, 7) is 2.39. The quantitative estimate of drug-likeness (QED) is 0.0651. The summed E-state index contributed by atoms with van der Waals surface area (Å²) < 4.78 is 48.3. The number of ether oxygens (including phenoxy) is 6. The predicted octanol–water partition coefficient (Wildman–Crippen LogP) is 10.9. The molecule has 0 aliphatic rings. The van der Waals surface area contributed by atoms with Gasteiger partial charge in [-0.05, 0) is 133 Å². The summed E-state index contributed by atoms with van der Waals surface area (Å²) in [6.07, 6.45) is 0.516. The number of carboxylic acids is 2. The van der Waals surface area contributed by atoms with Crippen LogP contribution in [0.3, 0.4) is 0 Å². The van der Waals surface area contributed by atoms with E-state index in [4.69, 9.17) is 28.4 Å². The second kappa shape index (κ2) is 26.5. The second-order valence-electron chi connectivity index (χ2n) is 15.8. The molecule has 7 rings (SSSR count). The molecule has 0 saturated carbocycles. The molecule has 0 atom stereocenters. The Morgan fingerprint density at radius 2 is 1.03 bits per heavy atom. The summed E-state index contributed by atoms with van der Waals surface area (Å²) in [5.74, 6) is 0.342. The summed E-state index contributed by atoms with van der Waals surface area (Å²) in [5, 5.41) is 18.5. The van der Waals surface area contributed by atoms with E-state index < -0.39 is 37.2 Å². The lowest BCUT2D eigenvalue weighted by molar-refractivity contribution is -0.138. The van der Waals surface area contributed by atoms with Gasteiger partial charge < -0.3 is 43.2 Å². The number of halogens is 1. The van der Waals surface area contributed by atoms with E-state index in [-0.39, 0.29) is 31.3 Å². The van der Waals surface area contributed by atoms with Gasteiger partial charge in [-0.25, -0.2) is 14.0 Å². The number of carboxylic acid groups (broad SMARTS) is 2. The highest BCUT2D eigenvalue weighted by molar-refractivity contribution is 7.98. The van der Waals surface area contributed by atoms with E-state index in [1.54, 1.807) is 103 Å². The number of nitrogens with zero attached hydrogens (tertiary/aromatic N) is 3. The largest absolute Gasteiger partial charge is 0.497 e. The van der Waals surface area contributed by atoms with Crippen LogP contribution in [0.5, 0.6) is 34.5 Å². The number of aliphatic carboxylic acids is 2. The molecule has 374 valence electrons. The van der Waals surface area contributed by atoms with Gasteiger partial charge in [-0.3, -0.25) is 19.4 Å². The third kappa shape index (κ3) is 16.1. The normalized spacial score (nSPS) is 10.5. The Labute approximate surface area is 420 Å². The smallest absolute Gasteiger partial charge is 0.416 e. The number of rotatable bonds is 21. The molecule has 2 N–H and O–H groups in total. The van der Waals surface area contributed by atoms with Crippen molar-refractivity contribution in [2.45, 2.75) is 38.1 Å². The molecule has 0 saturated heterocycles. The Balaban J connectivity index is 0.000000241. The van der Waals surface area contributed by atoms with Crippen LogP contribution >= 0.6 is 11.8 Å². The number of carbonyl (C=O) groups is 4. The summed E-state index contributed by atoms with van der Waals surface area (Å²) in [4.78, 5) is 51.3. The zero-order valence-corrected chi connectivity index (χ0v) is 40.9. The summed E-state index contributed by atoms with van der Waals surface area (Å²) >= 11 is 1.72. The van der Waals surface area contributed by atoms with Gasteiger partial charge in [-0.1, -0.05) is 54.6 Å². The molecule has 0 unspecified atom stereocenters. The van der Waals surface area contributed by atoms with Crippen LogP contribution in [-0.4, -0.2) is 88.9 Å². The number of amides is 2. The molecule has 0 spiro atoms. The zero-order chi connectivity index (χ0) is 51.4. The maximum Gasteiger partial charge on any atom is 0.416 e. The maximum absolute atomic E-state index is 13.7. The molecular formula is C55H54FN3O12S. The standard InChI is InChI=1S/C31H32N2O6S.C24H22FNO6/c1-22-4-17-29(24-7-15-28(40-3)16-8-24)33(22)18-19-38-26-9-5-23(6-10-26)20-32(21-30(34)35)31(36)39-27-13-11-25(37-2)12-14-27;1-30-19-10-12-21(13-11-19)32-24(29)26(15-23(27)28)14-17-6-8-20(9-7-17)31-16-18-4-2-3-5-22(18)25/h4-17H,18-21H2,1-3H3,(H,34,35);2-13H,14-16H2,1H3,(H,27,28). The predicted molar refractivity (Wildman–Crippen MR) is 270 cm³/mol. The van der Waals surface area contributed by atoms with Gasteiger partial charge in [-0.15, -0.1) is 11.8 Å². The fourth-order valence-corrected chi connectivity index (χ4v) is 7.46. The molecule has 0 fully saturated rings. The van der Waals surface area contributed by atoms with Gasteiger partial charge in [0.2, 0.25) is 0 Å². The number of hydrogen-bond donors (Lipinski definition) is 2. The summed E-state index contributed by atoms with van der Waals surface area (Å²) in [5.41, 5.74) is 5.32. The molecule has 0 aliphatic carbocycles. The minimum Gasteiger partial charge on any atom is -0.497 e. The average molecular weight is 1000 g/mol. The number of methoxy groups -OCH3 is 2. The first-order chi connectivity index (χ1) is 34.8. The molecule has 2 amide bonds. The van der Waals surface area contributed by atoms with Gasteiger partial charge in [0.15, 0.2) is 0 Å². The van der Waals surface area contributed by atoms with Crippen molar-refractivity contribution >= 4 is 35.9 Å². The molecule has 0 bridgehead atoms. The summed E-state index contributed by atoms with van der Waals surface area (Å²) in [7, 11) is 3.06. The molecular weight excluding hydrogens is 946 g/mol. The SMILES string of the molecule is COc1ccc(OC(=O)N(CC(=O)O)Cc2ccc(OCCn3c(C)ccc3-c3ccc(SC)cc3)cc2)cc1.COc1ccc(OC(=O)N(CC(=O)O)Cc2ccc(OCc3ccccc3F)cc2)cc1. The first kappa shape index (κ1) is 52.9. The fourth-order valence-electron chi connectivity index (χ4n) is 7.05. The maximum atomic E-state index is 13.7. The van der Waals surface area contributed by atoms with Crippen molar-refractivity contribution in [3.8, 4) is 45.8 Å². The van der Waals surface area contributed by atoms with E-state index in [2.05, 4.69) is 54.1 Å². The highest BCUT2D eigenvalue weighted by Gasteiger charge is 2.21. The van der Waals surface area contributed by atoms with Crippen LogP contribution in [0.1, 0.15) is 22.4 Å². The van der Waals surface area contributed by atoms with Crippen molar-refractivity contribution in [3.63, 3.8) is 0 Å². The van der Waals surface area contributed by atoms with Crippen LogP contribution in [0, 0.1) is 12.7 Å². The third-order valence-corrected chi connectivity index (χ3v) is 11.6. The first-order valence-corrected chi connectivity index (χ1v) is 23.7. The lowest BCUT2D eigenvalue weighted by atomic mass is 10.1. The van der Waals surface area contributed by atoms with Gasteiger partial charge in [0.25, 0.3) is 0 Å². The molecule has 15 nitrogen and oxygen atoms in total. The summed E-state index contributed by atoms with van der Waals surface area (Å²) in [6, 6.07) is 45.9. The van der Waals surface area contributed by atoms with Gasteiger partial charge >= 0.3 is 24.1 Å². The van der Waals surface area contributed by atoms with Crippen LogP contribution in [0.25, 0.3) is 11.3 Å². The van der Waals surface area contributed by atoms with Crippen molar-refractivity contribution in [2.75, 3.05) is 40.2 Å². The van der Waals surface area contributed by atoms with E-state index in [1.165, 1.54) is 25.2 Å². The fraction of sp³-hybridized carbons (Fsp3) is 0.200. The van der Waals surface area contributed by atoms with Crippen LogP contribution in [-0.2, 0) is 35.8 Å². The van der Waals surface area contributed by atoms with E-state index in [9.17, 15) is 33.8 Å². The van der Waals surface area contributed by atoms with Gasteiger partial charge in [0, 0.05) is 34.9 Å². The first-order valence-electron chi connectivity index (χ1n) is 22.4. The van der Waals surface area contributed by atoms with Gasteiger partial charge in [0.1, 0.15) is 66.6 Å². The highest BCUT2D eigenvalue weighted by Crippen LogP contribution is 2.26. The number of hydrogen-bond acceptors (Lipinski definition) is 11. The molecule has 6 aromatic carbocycles. The molecule has 1 heterocycles. The number of benzene rings is 6. The van der Waals surface area contributed by atoms with Crippen molar-refractivity contribution in [1.29, 1.82) is 0 Å². The lowest BCUT2D eigenvalue weighted by Crippen LogP contribution is -2.37. The van der Waals surface area contributed by atoms with Crippen LogP contribution in [0.15, 0.2) is 163 Å².